The number of hydrogen-bond acceptors (Lipinski definition) is 4. The van der Waals surface area contributed by atoms with Gasteiger partial charge in [-0.3, -0.25) is 30.3 Å². The molecular weight excluding hydrogens is 403 g/mol. The summed E-state index contributed by atoms with van der Waals surface area (Å²) in [5.41, 5.74) is 4.23. The number of benzene rings is 2. The van der Waals surface area contributed by atoms with Crippen molar-refractivity contribution in [2.24, 2.45) is 0 Å². The van der Waals surface area contributed by atoms with Gasteiger partial charge in [-0.1, -0.05) is 46.9 Å². The molecule has 0 bridgehead atoms. The van der Waals surface area contributed by atoms with E-state index in [1.165, 1.54) is 24.3 Å². The highest BCUT2D eigenvalue weighted by Crippen LogP contribution is 2.32. The van der Waals surface area contributed by atoms with E-state index in [1.54, 1.807) is 12.1 Å². The maximum atomic E-state index is 12.4. The van der Waals surface area contributed by atoms with Crippen LogP contribution in [0.5, 0.6) is 0 Å². The molecule has 134 valence electrons. The van der Waals surface area contributed by atoms with E-state index >= 15 is 0 Å². The lowest BCUT2D eigenvalue weighted by molar-refractivity contribution is -0.121. The summed E-state index contributed by atoms with van der Waals surface area (Å²) >= 11 is 17.8. The van der Waals surface area contributed by atoms with Crippen molar-refractivity contribution in [3.8, 4) is 0 Å². The monoisotopic (exact) mass is 412 g/mol. The van der Waals surface area contributed by atoms with Crippen LogP contribution >= 0.6 is 34.8 Å². The van der Waals surface area contributed by atoms with Crippen LogP contribution in [0, 0.1) is 0 Å². The van der Waals surface area contributed by atoms with Crippen molar-refractivity contribution in [1.29, 1.82) is 0 Å². The Labute approximate surface area is 161 Å². The summed E-state index contributed by atoms with van der Waals surface area (Å²) in [7, 11) is 0. The van der Waals surface area contributed by atoms with Crippen LogP contribution in [0.3, 0.4) is 0 Å². The Morgan fingerprint density at radius 1 is 1.04 bits per heavy atom. The van der Waals surface area contributed by atoms with Crippen LogP contribution in [-0.4, -0.2) is 15.7 Å². The van der Waals surface area contributed by atoms with Crippen LogP contribution in [0.1, 0.15) is 0 Å². The molecule has 0 aliphatic carbocycles. The Morgan fingerprint density at radius 2 is 1.65 bits per heavy atom. The number of fused-ring (bicyclic) bond motifs is 1. The van der Waals surface area contributed by atoms with Crippen LogP contribution in [0.4, 0.5) is 5.69 Å². The number of hydrogen-bond donors (Lipinski definition) is 3. The number of hydrazine groups is 1. The van der Waals surface area contributed by atoms with E-state index in [9.17, 15) is 14.4 Å². The number of rotatable bonds is 4. The third kappa shape index (κ3) is 3.70. The molecule has 1 aromatic heterocycles. The molecule has 0 atom stereocenters. The van der Waals surface area contributed by atoms with Crippen molar-refractivity contribution in [3.05, 3.63) is 72.2 Å². The molecule has 0 unspecified atom stereocenters. The molecule has 2 aromatic carbocycles. The number of aromatic nitrogens is 2. The summed E-state index contributed by atoms with van der Waals surface area (Å²) in [6.07, 6.45) is 0. The molecule has 0 fully saturated rings. The van der Waals surface area contributed by atoms with Gasteiger partial charge in [0.15, 0.2) is 0 Å². The Bertz CT molecular complexity index is 1100. The highest BCUT2D eigenvalue weighted by molar-refractivity contribution is 6.41. The second-order valence-electron chi connectivity index (χ2n) is 5.30. The Balaban J connectivity index is 1.79. The second kappa shape index (κ2) is 7.41. The van der Waals surface area contributed by atoms with Gasteiger partial charge in [0.1, 0.15) is 6.54 Å². The summed E-state index contributed by atoms with van der Waals surface area (Å²) in [6.45, 7) is -0.408. The van der Waals surface area contributed by atoms with Gasteiger partial charge >= 0.3 is 0 Å². The number of amides is 1. The fraction of sp³-hybridized carbons (Fsp3) is 0.0625. The molecule has 10 heteroatoms. The van der Waals surface area contributed by atoms with Gasteiger partial charge in [0.05, 0.1) is 26.5 Å². The summed E-state index contributed by atoms with van der Waals surface area (Å²) in [5.74, 6) is -0.597. The molecule has 0 saturated carbocycles. The zero-order valence-corrected chi connectivity index (χ0v) is 15.2. The molecule has 0 saturated heterocycles. The zero-order valence-electron chi connectivity index (χ0n) is 13.0. The average molecular weight is 414 g/mol. The first-order valence-corrected chi connectivity index (χ1v) is 8.41. The maximum absolute atomic E-state index is 12.4. The predicted octanol–water partition coefficient (Wildman–Crippen LogP) is 2.79. The second-order valence-corrected chi connectivity index (χ2v) is 6.55. The Morgan fingerprint density at radius 3 is 2.31 bits per heavy atom. The third-order valence-electron chi connectivity index (χ3n) is 3.52. The molecule has 0 radical (unpaired) electrons. The van der Waals surface area contributed by atoms with E-state index in [-0.39, 0.29) is 26.5 Å². The lowest BCUT2D eigenvalue weighted by atomic mass is 10.2. The van der Waals surface area contributed by atoms with E-state index < -0.39 is 23.6 Å². The van der Waals surface area contributed by atoms with E-state index in [1.807, 2.05) is 0 Å². The number of halogens is 3. The minimum Gasteiger partial charge on any atom is -0.296 e. The van der Waals surface area contributed by atoms with Crippen LogP contribution in [0.25, 0.3) is 10.8 Å². The molecule has 0 spiro atoms. The van der Waals surface area contributed by atoms with Gasteiger partial charge in [-0.15, -0.1) is 0 Å². The van der Waals surface area contributed by atoms with Gasteiger partial charge in [-0.05, 0) is 24.3 Å². The summed E-state index contributed by atoms with van der Waals surface area (Å²) < 4.78 is 0.923. The van der Waals surface area contributed by atoms with E-state index in [0.717, 1.165) is 4.68 Å². The molecule has 3 N–H and O–H groups in total. The molecular formula is C16H11Cl3N4O3. The van der Waals surface area contributed by atoms with Crippen LogP contribution < -0.4 is 22.0 Å². The largest absolute Gasteiger partial charge is 0.296 e. The fourth-order valence-electron chi connectivity index (χ4n) is 2.33. The minimum absolute atomic E-state index is 0.207. The van der Waals surface area contributed by atoms with Crippen molar-refractivity contribution in [2.45, 2.75) is 6.54 Å². The standard InChI is InChI=1S/C16H11Cl3N4O3/c17-8-5-11(18)14(12(19)6-8)21-20-13(24)7-23-16(26)10-4-2-1-3-9(10)15(25)22-23/h1-6,21H,7H2,(H,20,24)(H,22,25). The molecule has 0 aliphatic heterocycles. The van der Waals surface area contributed by atoms with Crippen LogP contribution in [0.2, 0.25) is 15.1 Å². The highest BCUT2D eigenvalue weighted by atomic mass is 35.5. The first-order chi connectivity index (χ1) is 12.4. The molecule has 26 heavy (non-hydrogen) atoms. The third-order valence-corrected chi connectivity index (χ3v) is 4.33. The first-order valence-electron chi connectivity index (χ1n) is 7.28. The molecule has 0 aliphatic rings. The van der Waals surface area contributed by atoms with Gasteiger partial charge in [-0.2, -0.15) is 0 Å². The number of anilines is 1. The number of aromatic amines is 1. The molecule has 3 rings (SSSR count). The topological polar surface area (TPSA) is 96.0 Å². The minimum atomic E-state index is -0.597. The maximum Gasteiger partial charge on any atom is 0.273 e. The van der Waals surface area contributed by atoms with Gasteiger partial charge in [0.25, 0.3) is 17.0 Å². The van der Waals surface area contributed by atoms with E-state index in [4.69, 9.17) is 34.8 Å². The molecule has 1 amide bonds. The number of nitrogens with zero attached hydrogens (tertiary/aromatic N) is 1. The molecule has 1 heterocycles. The fourth-order valence-corrected chi connectivity index (χ4v) is 3.25. The molecule has 3 aromatic rings. The van der Waals surface area contributed by atoms with Crippen molar-refractivity contribution in [2.75, 3.05) is 5.43 Å². The van der Waals surface area contributed by atoms with Gasteiger partial charge in [0.2, 0.25) is 0 Å². The van der Waals surface area contributed by atoms with Crippen molar-refractivity contribution >= 4 is 57.2 Å². The number of carbonyl (C=O) groups excluding carboxylic acids is 1. The molecule has 7 nitrogen and oxygen atoms in total. The summed E-state index contributed by atoms with van der Waals surface area (Å²) in [6, 6.07) is 9.25. The van der Waals surface area contributed by atoms with E-state index in [0.29, 0.717) is 5.02 Å². The van der Waals surface area contributed by atoms with Gasteiger partial charge in [-0.25, -0.2) is 4.68 Å². The lowest BCUT2D eigenvalue weighted by Crippen LogP contribution is -2.38. The van der Waals surface area contributed by atoms with Crippen LogP contribution in [-0.2, 0) is 11.3 Å². The smallest absolute Gasteiger partial charge is 0.273 e. The average Bonchev–Trinajstić information content (AvgIpc) is 2.58. The van der Waals surface area contributed by atoms with Gasteiger partial charge < -0.3 is 0 Å². The van der Waals surface area contributed by atoms with Crippen molar-refractivity contribution in [3.63, 3.8) is 0 Å². The summed E-state index contributed by atoms with van der Waals surface area (Å²) in [4.78, 5) is 36.5. The summed E-state index contributed by atoms with van der Waals surface area (Å²) in [5, 5.41) is 3.61. The lowest BCUT2D eigenvalue weighted by Gasteiger charge is -2.13. The first kappa shape index (κ1) is 18.3. The zero-order chi connectivity index (χ0) is 18.8. The number of H-pyrrole nitrogens is 1. The SMILES string of the molecule is O=C(Cn1[nH]c(=O)c2ccccc2c1=O)NNc1c(Cl)cc(Cl)cc1Cl. The van der Waals surface area contributed by atoms with Crippen molar-refractivity contribution < 1.29 is 4.79 Å². The Hall–Kier alpha value is -2.48. The Kier molecular flexibility index (Phi) is 5.22. The normalized spacial score (nSPS) is 10.7. The van der Waals surface area contributed by atoms with E-state index in [2.05, 4.69) is 16.0 Å². The predicted molar refractivity (Wildman–Crippen MR) is 102 cm³/mol. The van der Waals surface area contributed by atoms with Gasteiger partial charge in [0, 0.05) is 5.02 Å². The number of carbonyl (C=O) groups is 1. The quantitative estimate of drug-likeness (QED) is 0.573. The highest BCUT2D eigenvalue weighted by Gasteiger charge is 2.12. The number of nitrogens with one attached hydrogen (secondary N) is 3. The van der Waals surface area contributed by atoms with Crippen LogP contribution in [0.15, 0.2) is 46.0 Å². The van der Waals surface area contributed by atoms with Crippen molar-refractivity contribution in [1.82, 2.24) is 15.2 Å².